The number of hydrogen-bond acceptors (Lipinski definition) is 5. The Kier molecular flexibility index (Phi) is 5.10. The molecule has 5 nitrogen and oxygen atoms in total. The Morgan fingerprint density at radius 2 is 1.87 bits per heavy atom. The monoisotopic (exact) mass is 216 g/mol. The maximum Gasteiger partial charge on any atom is 0.306 e. The molecule has 1 aliphatic heterocycles. The van der Waals surface area contributed by atoms with Crippen LogP contribution in [0.15, 0.2) is 0 Å². The molecule has 1 heterocycles. The van der Waals surface area contributed by atoms with Crippen molar-refractivity contribution in [3.05, 3.63) is 0 Å². The van der Waals surface area contributed by atoms with Crippen molar-refractivity contribution in [2.45, 2.75) is 32.3 Å². The number of hydrogen-bond donors (Lipinski definition) is 0. The number of epoxide rings is 1. The van der Waals surface area contributed by atoms with Gasteiger partial charge in [-0.1, -0.05) is 6.92 Å². The van der Waals surface area contributed by atoms with Crippen molar-refractivity contribution in [1.82, 2.24) is 0 Å². The Morgan fingerprint density at radius 3 is 2.40 bits per heavy atom. The lowest BCUT2D eigenvalue weighted by Crippen LogP contribution is -2.13. The number of esters is 2. The minimum Gasteiger partial charge on any atom is -0.466 e. The van der Waals surface area contributed by atoms with E-state index >= 15 is 0 Å². The molecule has 0 saturated carbocycles. The van der Waals surface area contributed by atoms with Crippen molar-refractivity contribution in [3.63, 3.8) is 0 Å². The third-order valence-corrected chi connectivity index (χ3v) is 1.83. The summed E-state index contributed by atoms with van der Waals surface area (Å²) < 4.78 is 14.5. The number of carbonyl (C=O) groups excluding carboxylic acids is 2. The second-order valence-electron chi connectivity index (χ2n) is 3.36. The van der Waals surface area contributed by atoms with Gasteiger partial charge in [0.05, 0.1) is 26.1 Å². The van der Waals surface area contributed by atoms with Crippen LogP contribution in [-0.4, -0.2) is 37.9 Å². The minimum absolute atomic E-state index is 0.0704. The normalized spacial score (nSPS) is 18.3. The van der Waals surface area contributed by atoms with Gasteiger partial charge in [-0.3, -0.25) is 9.59 Å². The van der Waals surface area contributed by atoms with Gasteiger partial charge in [0.2, 0.25) is 0 Å². The molecule has 1 unspecified atom stereocenters. The summed E-state index contributed by atoms with van der Waals surface area (Å²) >= 11 is 0. The van der Waals surface area contributed by atoms with Crippen LogP contribution in [0.4, 0.5) is 0 Å². The molecule has 15 heavy (non-hydrogen) atoms. The molecule has 0 aliphatic carbocycles. The molecular formula is C10H16O5. The zero-order valence-corrected chi connectivity index (χ0v) is 8.86. The lowest BCUT2D eigenvalue weighted by atomic mass is 10.3. The third-order valence-electron chi connectivity index (χ3n) is 1.83. The molecule has 0 amide bonds. The molecule has 0 aromatic heterocycles. The maximum atomic E-state index is 11.1. The van der Waals surface area contributed by atoms with E-state index in [1.54, 1.807) is 0 Å². The van der Waals surface area contributed by atoms with E-state index in [0.717, 1.165) is 6.42 Å². The average Bonchev–Trinajstić information content (AvgIpc) is 3.04. The van der Waals surface area contributed by atoms with Crippen molar-refractivity contribution in [2.24, 2.45) is 0 Å². The summed E-state index contributed by atoms with van der Waals surface area (Å²) in [6.07, 6.45) is 1.02. The van der Waals surface area contributed by atoms with Crippen LogP contribution in [-0.2, 0) is 23.8 Å². The molecule has 0 spiro atoms. The van der Waals surface area contributed by atoms with Gasteiger partial charge < -0.3 is 14.2 Å². The molecular weight excluding hydrogens is 200 g/mol. The number of carbonyl (C=O) groups is 2. The quantitative estimate of drug-likeness (QED) is 0.462. The van der Waals surface area contributed by atoms with Crippen LogP contribution in [0.25, 0.3) is 0 Å². The second kappa shape index (κ2) is 6.40. The van der Waals surface area contributed by atoms with Crippen molar-refractivity contribution in [3.8, 4) is 0 Å². The molecule has 0 aromatic rings. The van der Waals surface area contributed by atoms with E-state index in [1.165, 1.54) is 0 Å². The van der Waals surface area contributed by atoms with Crippen molar-refractivity contribution in [2.75, 3.05) is 19.8 Å². The second-order valence-corrected chi connectivity index (χ2v) is 3.36. The summed E-state index contributed by atoms with van der Waals surface area (Å²) in [6.45, 7) is 3.27. The van der Waals surface area contributed by atoms with Gasteiger partial charge in [-0.2, -0.15) is 0 Å². The first-order chi connectivity index (χ1) is 7.22. The van der Waals surface area contributed by atoms with E-state index < -0.39 is 0 Å². The molecule has 1 saturated heterocycles. The van der Waals surface area contributed by atoms with Crippen LogP contribution >= 0.6 is 0 Å². The first-order valence-corrected chi connectivity index (χ1v) is 5.15. The van der Waals surface area contributed by atoms with Crippen molar-refractivity contribution < 1.29 is 23.8 Å². The van der Waals surface area contributed by atoms with Gasteiger partial charge in [0.25, 0.3) is 0 Å². The lowest BCUT2D eigenvalue weighted by molar-refractivity contribution is -0.150. The summed E-state index contributed by atoms with van der Waals surface area (Å²) in [5, 5.41) is 0. The van der Waals surface area contributed by atoms with E-state index in [-0.39, 0.29) is 30.9 Å². The smallest absolute Gasteiger partial charge is 0.306 e. The highest BCUT2D eigenvalue weighted by Gasteiger charge is 2.24. The SMILES string of the molecule is CCCOC(=O)CCC(=O)OCC1CO1. The van der Waals surface area contributed by atoms with Crippen LogP contribution in [0.5, 0.6) is 0 Å². The van der Waals surface area contributed by atoms with Gasteiger partial charge in [-0.05, 0) is 6.42 Å². The molecule has 86 valence electrons. The third kappa shape index (κ3) is 6.06. The average molecular weight is 216 g/mol. The molecule has 1 aliphatic rings. The van der Waals surface area contributed by atoms with Crippen molar-refractivity contribution in [1.29, 1.82) is 0 Å². The summed E-state index contributed by atoms with van der Waals surface area (Å²) in [7, 11) is 0. The van der Waals surface area contributed by atoms with Crippen LogP contribution in [0, 0.1) is 0 Å². The Morgan fingerprint density at radius 1 is 1.27 bits per heavy atom. The van der Waals surface area contributed by atoms with Gasteiger partial charge in [0.1, 0.15) is 12.7 Å². The largest absolute Gasteiger partial charge is 0.466 e. The lowest BCUT2D eigenvalue weighted by Gasteiger charge is -2.03. The zero-order chi connectivity index (χ0) is 11.1. The minimum atomic E-state index is -0.376. The zero-order valence-electron chi connectivity index (χ0n) is 8.86. The molecule has 0 radical (unpaired) electrons. The molecule has 1 fully saturated rings. The van der Waals surface area contributed by atoms with Gasteiger partial charge in [-0.15, -0.1) is 0 Å². The molecule has 1 rings (SSSR count). The van der Waals surface area contributed by atoms with Crippen LogP contribution < -0.4 is 0 Å². The Balaban J connectivity index is 1.96. The van der Waals surface area contributed by atoms with Gasteiger partial charge >= 0.3 is 11.9 Å². The summed E-state index contributed by atoms with van der Waals surface area (Å²) in [5.41, 5.74) is 0. The summed E-state index contributed by atoms with van der Waals surface area (Å²) in [6, 6.07) is 0. The van der Waals surface area contributed by atoms with E-state index in [9.17, 15) is 9.59 Å². The number of rotatable bonds is 7. The predicted molar refractivity (Wildman–Crippen MR) is 51.2 cm³/mol. The van der Waals surface area contributed by atoms with E-state index in [2.05, 4.69) is 0 Å². The predicted octanol–water partition coefficient (Wildman–Crippen LogP) is 0.662. The van der Waals surface area contributed by atoms with Gasteiger partial charge in [0, 0.05) is 0 Å². The van der Waals surface area contributed by atoms with Crippen LogP contribution in [0.2, 0.25) is 0 Å². The fourth-order valence-corrected chi connectivity index (χ4v) is 0.915. The van der Waals surface area contributed by atoms with Crippen LogP contribution in [0.3, 0.4) is 0 Å². The summed E-state index contributed by atoms with van der Waals surface area (Å²) in [4.78, 5) is 22.1. The molecule has 0 bridgehead atoms. The highest BCUT2D eigenvalue weighted by Crippen LogP contribution is 2.09. The van der Waals surface area contributed by atoms with Gasteiger partial charge in [-0.25, -0.2) is 0 Å². The summed E-state index contributed by atoms with van der Waals surface area (Å²) in [5.74, 6) is -0.726. The first kappa shape index (κ1) is 12.0. The highest BCUT2D eigenvalue weighted by molar-refractivity contribution is 5.77. The van der Waals surface area contributed by atoms with Crippen LogP contribution in [0.1, 0.15) is 26.2 Å². The standard InChI is InChI=1S/C10H16O5/c1-2-5-13-9(11)3-4-10(12)15-7-8-6-14-8/h8H,2-7H2,1H3. The Bertz CT molecular complexity index is 222. The fraction of sp³-hybridized carbons (Fsp3) is 0.800. The first-order valence-electron chi connectivity index (χ1n) is 5.15. The topological polar surface area (TPSA) is 65.1 Å². The molecule has 1 atom stereocenters. The Hall–Kier alpha value is -1.10. The molecule has 0 aromatic carbocycles. The molecule has 5 heteroatoms. The fourth-order valence-electron chi connectivity index (χ4n) is 0.915. The van der Waals surface area contributed by atoms with Gasteiger partial charge in [0.15, 0.2) is 0 Å². The van der Waals surface area contributed by atoms with E-state index in [4.69, 9.17) is 14.2 Å². The van der Waals surface area contributed by atoms with E-state index in [1.807, 2.05) is 6.92 Å². The Labute approximate surface area is 88.7 Å². The van der Waals surface area contributed by atoms with E-state index in [0.29, 0.717) is 19.8 Å². The highest BCUT2D eigenvalue weighted by atomic mass is 16.6. The maximum absolute atomic E-state index is 11.1. The van der Waals surface area contributed by atoms with Crippen molar-refractivity contribution >= 4 is 11.9 Å². The molecule has 0 N–H and O–H groups in total. The number of ether oxygens (including phenoxy) is 3.